The van der Waals surface area contributed by atoms with Crippen molar-refractivity contribution in [2.45, 2.75) is 26.4 Å². The van der Waals surface area contributed by atoms with E-state index >= 15 is 0 Å². The average molecular weight is 598 g/mol. The number of piperazine rings is 2. The van der Waals surface area contributed by atoms with Gasteiger partial charge < -0.3 is 34.2 Å². The second-order valence-electron chi connectivity index (χ2n) is 11.5. The third-order valence-electron chi connectivity index (χ3n) is 8.73. The van der Waals surface area contributed by atoms with Gasteiger partial charge in [-0.15, -0.1) is 0 Å². The highest BCUT2D eigenvalue weighted by Crippen LogP contribution is 2.26. The SMILES string of the molecule is CCN1CCN(CCCn2cnc3c(N4CCN(C(=O)c5ccccc5)CC4)nc(NCc4ccc(OC)cc4)nc32)CC1. The minimum atomic E-state index is 0.0697. The molecule has 0 saturated carbocycles. The van der Waals surface area contributed by atoms with Gasteiger partial charge in [-0.3, -0.25) is 4.79 Å². The van der Waals surface area contributed by atoms with Crippen LogP contribution in [0.1, 0.15) is 29.3 Å². The molecule has 2 aromatic heterocycles. The third kappa shape index (κ3) is 6.95. The largest absolute Gasteiger partial charge is 0.497 e. The van der Waals surface area contributed by atoms with E-state index in [1.165, 1.54) is 0 Å². The number of aromatic nitrogens is 4. The van der Waals surface area contributed by atoms with E-state index in [1.54, 1.807) is 7.11 Å². The van der Waals surface area contributed by atoms with Gasteiger partial charge in [0.1, 0.15) is 5.75 Å². The fraction of sp³-hybridized carbons (Fsp3) is 0.455. The van der Waals surface area contributed by atoms with Crippen molar-refractivity contribution in [2.24, 2.45) is 0 Å². The number of anilines is 2. The van der Waals surface area contributed by atoms with E-state index in [1.807, 2.05) is 65.8 Å². The van der Waals surface area contributed by atoms with Crippen LogP contribution in [0.25, 0.3) is 11.2 Å². The van der Waals surface area contributed by atoms with Crippen LogP contribution in [0.15, 0.2) is 60.9 Å². The van der Waals surface area contributed by atoms with E-state index in [2.05, 4.69) is 31.5 Å². The van der Waals surface area contributed by atoms with Crippen LogP contribution in [0.2, 0.25) is 0 Å². The maximum absolute atomic E-state index is 13.1. The lowest BCUT2D eigenvalue weighted by atomic mass is 10.2. The summed E-state index contributed by atoms with van der Waals surface area (Å²) in [7, 11) is 1.67. The molecule has 232 valence electrons. The Kier molecular flexibility index (Phi) is 9.52. The highest BCUT2D eigenvalue weighted by molar-refractivity contribution is 5.94. The van der Waals surface area contributed by atoms with Gasteiger partial charge in [0, 0.05) is 71.0 Å². The Morgan fingerprint density at radius 3 is 2.30 bits per heavy atom. The number of carbonyl (C=O) groups excluding carboxylic acids is 1. The van der Waals surface area contributed by atoms with Crippen molar-refractivity contribution in [2.75, 3.05) is 82.8 Å². The summed E-state index contributed by atoms with van der Waals surface area (Å²) in [4.78, 5) is 37.0. The molecule has 2 aliphatic rings. The summed E-state index contributed by atoms with van der Waals surface area (Å²) in [5, 5.41) is 3.44. The van der Waals surface area contributed by atoms with Gasteiger partial charge in [-0.25, -0.2) is 4.98 Å². The van der Waals surface area contributed by atoms with Crippen LogP contribution in [0, 0.1) is 0 Å². The number of ether oxygens (including phenoxy) is 1. The first kappa shape index (κ1) is 29.8. The van der Waals surface area contributed by atoms with Gasteiger partial charge in [-0.1, -0.05) is 37.3 Å². The second-order valence-corrected chi connectivity index (χ2v) is 11.5. The molecule has 4 aromatic rings. The Morgan fingerprint density at radius 2 is 1.59 bits per heavy atom. The molecule has 11 heteroatoms. The predicted octanol–water partition coefficient (Wildman–Crippen LogP) is 3.44. The van der Waals surface area contributed by atoms with E-state index in [4.69, 9.17) is 19.7 Å². The Hall–Kier alpha value is -4.22. The summed E-state index contributed by atoms with van der Waals surface area (Å²) in [6.07, 6.45) is 2.94. The first-order chi connectivity index (χ1) is 21.6. The molecule has 2 fully saturated rings. The number of rotatable bonds is 11. The van der Waals surface area contributed by atoms with Gasteiger partial charge in [0.2, 0.25) is 5.95 Å². The molecular formula is C33H43N9O2. The highest BCUT2D eigenvalue weighted by Gasteiger charge is 2.26. The first-order valence-electron chi connectivity index (χ1n) is 15.7. The number of methoxy groups -OCH3 is 1. The fourth-order valence-corrected chi connectivity index (χ4v) is 6.00. The normalized spacial score (nSPS) is 16.4. The number of nitrogens with one attached hydrogen (secondary N) is 1. The van der Waals surface area contributed by atoms with Crippen molar-refractivity contribution in [3.63, 3.8) is 0 Å². The Morgan fingerprint density at radius 1 is 0.864 bits per heavy atom. The van der Waals surface area contributed by atoms with Gasteiger partial charge >= 0.3 is 0 Å². The van der Waals surface area contributed by atoms with Gasteiger partial charge in [0.05, 0.1) is 13.4 Å². The zero-order valence-electron chi connectivity index (χ0n) is 25.9. The van der Waals surface area contributed by atoms with E-state index in [0.717, 1.165) is 86.1 Å². The molecule has 44 heavy (non-hydrogen) atoms. The first-order valence-corrected chi connectivity index (χ1v) is 15.7. The topological polar surface area (TPSA) is 94.9 Å². The smallest absolute Gasteiger partial charge is 0.253 e. The summed E-state index contributed by atoms with van der Waals surface area (Å²) in [5.41, 5.74) is 3.48. The molecule has 1 N–H and O–H groups in total. The number of hydrogen-bond acceptors (Lipinski definition) is 9. The molecule has 1 amide bonds. The number of carbonyl (C=O) groups is 1. The molecule has 0 unspecified atom stereocenters. The van der Waals surface area contributed by atoms with Crippen LogP contribution in [-0.2, 0) is 13.1 Å². The number of fused-ring (bicyclic) bond motifs is 1. The molecule has 6 rings (SSSR count). The summed E-state index contributed by atoms with van der Waals surface area (Å²) >= 11 is 0. The van der Waals surface area contributed by atoms with Crippen molar-refractivity contribution in [3.05, 3.63) is 72.1 Å². The van der Waals surface area contributed by atoms with Gasteiger partial charge in [-0.05, 0) is 49.3 Å². The van der Waals surface area contributed by atoms with Crippen molar-refractivity contribution in [1.29, 1.82) is 0 Å². The molecular weight excluding hydrogens is 554 g/mol. The summed E-state index contributed by atoms with van der Waals surface area (Å²) in [5.74, 6) is 2.28. The van der Waals surface area contributed by atoms with Crippen molar-refractivity contribution < 1.29 is 9.53 Å². The summed E-state index contributed by atoms with van der Waals surface area (Å²) in [6, 6.07) is 17.5. The lowest BCUT2D eigenvalue weighted by molar-refractivity contribution is 0.0746. The van der Waals surface area contributed by atoms with Crippen molar-refractivity contribution in [1.82, 2.24) is 34.2 Å². The monoisotopic (exact) mass is 597 g/mol. The van der Waals surface area contributed by atoms with Crippen LogP contribution in [-0.4, -0.2) is 113 Å². The average Bonchev–Trinajstić information content (AvgIpc) is 3.50. The number of hydrogen-bond donors (Lipinski definition) is 1. The van der Waals surface area contributed by atoms with Gasteiger partial charge in [-0.2, -0.15) is 9.97 Å². The minimum Gasteiger partial charge on any atom is -0.497 e. The quantitative estimate of drug-likeness (QED) is 0.279. The van der Waals surface area contributed by atoms with Crippen LogP contribution in [0.3, 0.4) is 0 Å². The lowest BCUT2D eigenvalue weighted by Crippen LogP contribution is -2.49. The molecule has 4 heterocycles. The molecule has 0 atom stereocenters. The summed E-state index contributed by atoms with van der Waals surface area (Å²) in [6.45, 7) is 13.0. The van der Waals surface area contributed by atoms with E-state index in [-0.39, 0.29) is 5.91 Å². The molecule has 0 spiro atoms. The Labute approximate surface area is 259 Å². The molecule has 11 nitrogen and oxygen atoms in total. The van der Waals surface area contributed by atoms with Crippen LogP contribution in [0.5, 0.6) is 5.75 Å². The Balaban J connectivity index is 1.18. The van der Waals surface area contributed by atoms with Crippen LogP contribution >= 0.6 is 0 Å². The maximum atomic E-state index is 13.1. The molecule has 0 radical (unpaired) electrons. The minimum absolute atomic E-state index is 0.0697. The van der Waals surface area contributed by atoms with Gasteiger partial charge in [0.15, 0.2) is 17.0 Å². The van der Waals surface area contributed by atoms with E-state index in [0.29, 0.717) is 38.7 Å². The Bertz CT molecular complexity index is 1510. The zero-order valence-corrected chi connectivity index (χ0v) is 25.9. The number of amides is 1. The van der Waals surface area contributed by atoms with E-state index in [9.17, 15) is 4.79 Å². The lowest BCUT2D eigenvalue weighted by Gasteiger charge is -2.35. The molecule has 0 bridgehead atoms. The highest BCUT2D eigenvalue weighted by atomic mass is 16.5. The molecule has 2 aromatic carbocycles. The van der Waals surface area contributed by atoms with Crippen molar-refractivity contribution in [3.8, 4) is 5.75 Å². The number of nitrogens with zero attached hydrogens (tertiary/aromatic N) is 8. The standard InChI is InChI=1S/C33H43N9O2/c1-3-38-16-18-39(19-17-38)14-7-15-42-25-35-29-30(40-20-22-41(23-21-40)32(43)27-8-5-4-6-9-27)36-33(37-31(29)42)34-24-26-10-12-28(44-2)13-11-26/h4-6,8-13,25H,3,7,14-24H2,1-2H3,(H,34,36,37). The number of aryl methyl sites for hydroxylation is 1. The van der Waals surface area contributed by atoms with Crippen LogP contribution < -0.4 is 15.0 Å². The fourth-order valence-electron chi connectivity index (χ4n) is 6.00. The molecule has 2 aliphatic heterocycles. The van der Waals surface area contributed by atoms with Crippen molar-refractivity contribution >= 4 is 28.8 Å². The predicted molar refractivity (Wildman–Crippen MR) is 173 cm³/mol. The zero-order chi connectivity index (χ0) is 30.3. The number of imidazole rings is 1. The van der Waals surface area contributed by atoms with Gasteiger partial charge in [0.25, 0.3) is 5.91 Å². The number of benzene rings is 2. The molecule has 2 saturated heterocycles. The molecule has 0 aliphatic carbocycles. The van der Waals surface area contributed by atoms with E-state index < -0.39 is 0 Å². The third-order valence-corrected chi connectivity index (χ3v) is 8.73. The van der Waals surface area contributed by atoms with Crippen LogP contribution in [0.4, 0.5) is 11.8 Å². The summed E-state index contributed by atoms with van der Waals surface area (Å²) < 4.78 is 7.47. The number of likely N-dealkylation sites (N-methyl/N-ethyl adjacent to an activating group) is 1. The second kappa shape index (κ2) is 14.0. The maximum Gasteiger partial charge on any atom is 0.253 e.